The van der Waals surface area contributed by atoms with E-state index < -0.39 is 0 Å². The summed E-state index contributed by atoms with van der Waals surface area (Å²) in [6.07, 6.45) is 0. The van der Waals surface area contributed by atoms with Crippen LogP contribution < -0.4 is 4.74 Å². The van der Waals surface area contributed by atoms with Crippen LogP contribution in [-0.2, 0) is 43.3 Å². The second kappa shape index (κ2) is 15.0. The van der Waals surface area contributed by atoms with Crippen molar-refractivity contribution in [1.82, 2.24) is 0 Å². The van der Waals surface area contributed by atoms with Crippen LogP contribution in [0.25, 0.3) is 22.3 Å². The second-order valence-corrected chi connectivity index (χ2v) is 26.9. The first-order chi connectivity index (χ1) is 27.2. The standard InChI is InChI=1S/C59H84O2/c1-34-38-28-36(53(5,6)7)31-41(56(14,15)16)46(38)48-43(58(20,21)22)33-44(59(23,24)25)49(47-39(34)29-37(54(8,9)10)32-42(47)57(17,18)19)50(48)51(60)61-45-27-26-35(52(2,3)4)30-40(45)55(11,12)13/h26-34H,1-25H3. The zero-order chi connectivity index (χ0) is 46.8. The van der Waals surface area contributed by atoms with Crippen LogP contribution in [0.5, 0.6) is 5.75 Å². The Morgan fingerprint density at radius 1 is 0.377 bits per heavy atom. The summed E-state index contributed by atoms with van der Waals surface area (Å²) in [5.74, 6) is 0.365. The van der Waals surface area contributed by atoms with Crippen molar-refractivity contribution in [2.24, 2.45) is 0 Å². The van der Waals surface area contributed by atoms with Gasteiger partial charge < -0.3 is 4.74 Å². The maximum Gasteiger partial charge on any atom is 0.344 e. The number of hydrogen-bond acceptors (Lipinski definition) is 2. The van der Waals surface area contributed by atoms with Crippen LogP contribution in [0.4, 0.5) is 0 Å². The highest BCUT2D eigenvalue weighted by Gasteiger charge is 2.42. The van der Waals surface area contributed by atoms with Crippen molar-refractivity contribution in [3.05, 3.63) is 110 Å². The Morgan fingerprint density at radius 3 is 1.00 bits per heavy atom. The Morgan fingerprint density at radius 2 is 0.689 bits per heavy atom. The van der Waals surface area contributed by atoms with E-state index in [4.69, 9.17) is 4.74 Å². The Balaban J connectivity index is 2.21. The minimum Gasteiger partial charge on any atom is -0.423 e. The molecule has 0 fully saturated rings. The molecule has 0 atom stereocenters. The first-order valence-electron chi connectivity index (χ1n) is 23.1. The minimum atomic E-state index is -0.308. The fraction of sp³-hybridized carbons (Fsp3) is 0.576. The molecule has 0 radical (unpaired) electrons. The molecule has 61 heavy (non-hydrogen) atoms. The molecule has 2 nitrogen and oxygen atoms in total. The molecule has 4 aromatic rings. The summed E-state index contributed by atoms with van der Waals surface area (Å²) in [5.41, 5.74) is 15.9. The lowest BCUT2D eigenvalue weighted by Gasteiger charge is -2.41. The molecule has 0 amide bonds. The molecule has 1 aliphatic rings. The highest BCUT2D eigenvalue weighted by atomic mass is 16.5. The van der Waals surface area contributed by atoms with Gasteiger partial charge in [-0.15, -0.1) is 0 Å². The van der Waals surface area contributed by atoms with Gasteiger partial charge >= 0.3 is 5.97 Å². The average Bonchev–Trinajstić information content (AvgIpc) is 3.05. The third-order valence-electron chi connectivity index (χ3n) is 13.1. The number of fused-ring (bicyclic) bond motifs is 6. The molecule has 1 aliphatic carbocycles. The summed E-state index contributed by atoms with van der Waals surface area (Å²) in [6.45, 7) is 57.7. The van der Waals surface area contributed by atoms with E-state index in [0.29, 0.717) is 11.3 Å². The van der Waals surface area contributed by atoms with Crippen molar-refractivity contribution >= 4 is 5.97 Å². The monoisotopic (exact) mass is 825 g/mol. The summed E-state index contributed by atoms with van der Waals surface area (Å²) in [4.78, 5) is 16.3. The molecule has 0 aliphatic heterocycles. The summed E-state index contributed by atoms with van der Waals surface area (Å²) in [5, 5.41) is 0. The third-order valence-corrected chi connectivity index (χ3v) is 13.1. The number of rotatable bonds is 2. The lowest BCUT2D eigenvalue weighted by Crippen LogP contribution is -2.29. The van der Waals surface area contributed by atoms with Crippen LogP contribution in [0.3, 0.4) is 0 Å². The summed E-state index contributed by atoms with van der Waals surface area (Å²) < 4.78 is 7.04. The van der Waals surface area contributed by atoms with Gasteiger partial charge in [0.15, 0.2) is 0 Å². The molecule has 5 rings (SSSR count). The molecule has 0 unspecified atom stereocenters. The molecular formula is C59H84O2. The van der Waals surface area contributed by atoms with Crippen LogP contribution in [0.15, 0.2) is 48.5 Å². The Labute approximate surface area is 374 Å². The average molecular weight is 825 g/mol. The number of benzene rings is 4. The third kappa shape index (κ3) is 9.36. The molecule has 2 heteroatoms. The number of hydrogen-bond donors (Lipinski definition) is 0. The van der Waals surface area contributed by atoms with Crippen LogP contribution >= 0.6 is 0 Å². The predicted octanol–water partition coefficient (Wildman–Crippen LogP) is 17.1. The van der Waals surface area contributed by atoms with E-state index in [-0.39, 0.29) is 55.2 Å². The van der Waals surface area contributed by atoms with Crippen molar-refractivity contribution < 1.29 is 9.53 Å². The van der Waals surface area contributed by atoms with Crippen LogP contribution in [-0.4, -0.2) is 5.97 Å². The second-order valence-electron chi connectivity index (χ2n) is 26.9. The molecule has 0 spiro atoms. The maximum absolute atomic E-state index is 16.3. The van der Waals surface area contributed by atoms with E-state index in [0.717, 1.165) is 16.7 Å². The highest BCUT2D eigenvalue weighted by Crippen LogP contribution is 2.57. The van der Waals surface area contributed by atoms with Crippen LogP contribution in [0.2, 0.25) is 0 Å². The Kier molecular flexibility index (Phi) is 11.9. The van der Waals surface area contributed by atoms with Gasteiger partial charge in [-0.2, -0.15) is 0 Å². The fourth-order valence-electron chi connectivity index (χ4n) is 9.20. The van der Waals surface area contributed by atoms with Gasteiger partial charge in [0.25, 0.3) is 0 Å². The largest absolute Gasteiger partial charge is 0.423 e. The lowest BCUT2D eigenvalue weighted by atomic mass is 9.63. The molecule has 332 valence electrons. The Hall–Kier alpha value is -3.65. The Bertz CT molecular complexity index is 2240. The normalized spacial score (nSPS) is 14.6. The molecule has 0 N–H and O–H groups in total. The number of carbonyl (C=O) groups excluding carboxylic acids is 1. The quantitative estimate of drug-likeness (QED) is 0.149. The van der Waals surface area contributed by atoms with E-state index in [1.54, 1.807) is 0 Å². The summed E-state index contributed by atoms with van der Waals surface area (Å²) in [7, 11) is 0. The van der Waals surface area contributed by atoms with Crippen molar-refractivity contribution in [2.75, 3.05) is 0 Å². The molecule has 0 aromatic heterocycles. The molecule has 2 bridgehead atoms. The van der Waals surface area contributed by atoms with Crippen molar-refractivity contribution in [2.45, 2.75) is 222 Å². The van der Waals surface area contributed by atoms with Gasteiger partial charge in [0, 0.05) is 22.6 Å². The molecular weight excluding hydrogens is 741 g/mol. The zero-order valence-corrected chi connectivity index (χ0v) is 43.5. The van der Waals surface area contributed by atoms with E-state index in [1.165, 1.54) is 61.2 Å². The molecule has 4 aromatic carbocycles. The van der Waals surface area contributed by atoms with Gasteiger partial charge in [0.2, 0.25) is 0 Å². The predicted molar refractivity (Wildman–Crippen MR) is 266 cm³/mol. The van der Waals surface area contributed by atoms with E-state index in [9.17, 15) is 0 Å². The highest BCUT2D eigenvalue weighted by molar-refractivity contribution is 6.09. The van der Waals surface area contributed by atoms with Gasteiger partial charge in [0.05, 0.1) is 5.56 Å². The first kappa shape index (κ1) is 48.4. The summed E-state index contributed by atoms with van der Waals surface area (Å²) in [6, 6.07) is 18.9. The van der Waals surface area contributed by atoms with Gasteiger partial charge in [-0.1, -0.05) is 216 Å². The van der Waals surface area contributed by atoms with Gasteiger partial charge in [-0.3, -0.25) is 0 Å². The first-order valence-corrected chi connectivity index (χ1v) is 23.1. The van der Waals surface area contributed by atoms with Crippen molar-refractivity contribution in [1.29, 1.82) is 0 Å². The van der Waals surface area contributed by atoms with Gasteiger partial charge in [0.1, 0.15) is 5.75 Å². The van der Waals surface area contributed by atoms with Crippen molar-refractivity contribution in [3.63, 3.8) is 0 Å². The van der Waals surface area contributed by atoms with Gasteiger partial charge in [-0.05, 0) is 111 Å². The number of carbonyl (C=O) groups is 1. The summed E-state index contributed by atoms with van der Waals surface area (Å²) >= 11 is 0. The smallest absolute Gasteiger partial charge is 0.344 e. The number of esters is 1. The van der Waals surface area contributed by atoms with Crippen LogP contribution in [0.1, 0.15) is 245 Å². The lowest BCUT2D eigenvalue weighted by molar-refractivity contribution is 0.0733. The van der Waals surface area contributed by atoms with E-state index in [2.05, 4.69) is 222 Å². The van der Waals surface area contributed by atoms with E-state index in [1.807, 2.05) is 0 Å². The minimum absolute atomic E-state index is 0.0253. The zero-order valence-electron chi connectivity index (χ0n) is 43.5. The van der Waals surface area contributed by atoms with Gasteiger partial charge in [-0.25, -0.2) is 4.79 Å². The number of ether oxygens (including phenoxy) is 1. The maximum atomic E-state index is 16.3. The van der Waals surface area contributed by atoms with E-state index >= 15 is 4.79 Å². The van der Waals surface area contributed by atoms with Crippen LogP contribution in [0, 0.1) is 0 Å². The SMILES string of the molecule is CC1c2cc(C(C)(C)C)cc(C(C)(C)C)c2-c2c(C(C)(C)C)cc(C(C)(C)C)c(c2C(=O)Oc2ccc(C(C)(C)C)cc2C(C)(C)C)-c2c1cc(C(C)(C)C)cc2C(C)(C)C. The topological polar surface area (TPSA) is 26.3 Å². The fourth-order valence-corrected chi connectivity index (χ4v) is 9.20. The molecule has 0 saturated heterocycles. The molecule has 0 saturated carbocycles. The molecule has 0 heterocycles. The van der Waals surface area contributed by atoms with Crippen molar-refractivity contribution in [3.8, 4) is 28.0 Å².